The normalized spacial score (nSPS) is 36.1. The molecule has 3 heterocycles. The van der Waals surface area contributed by atoms with Gasteiger partial charge in [-0.1, -0.05) is 36.9 Å². The lowest BCUT2D eigenvalue weighted by molar-refractivity contribution is -0.282. The highest BCUT2D eigenvalue weighted by Crippen LogP contribution is 2.48. The number of alkyl halides is 3. The van der Waals surface area contributed by atoms with E-state index in [0.717, 1.165) is 19.2 Å². The van der Waals surface area contributed by atoms with Crippen LogP contribution in [0.2, 0.25) is 0 Å². The van der Waals surface area contributed by atoms with Gasteiger partial charge in [-0.3, -0.25) is 4.79 Å². The Labute approximate surface area is 255 Å². The van der Waals surface area contributed by atoms with Crippen LogP contribution >= 0.6 is 0 Å². The second-order valence-corrected chi connectivity index (χ2v) is 12.8. The number of carbonyl (C=O) groups is 3. The number of hydrogen-bond acceptors (Lipinski definition) is 9. The maximum atomic E-state index is 14.7. The van der Waals surface area contributed by atoms with E-state index in [4.69, 9.17) is 23.7 Å². The summed E-state index contributed by atoms with van der Waals surface area (Å²) in [5.74, 6) is -3.71. The summed E-state index contributed by atoms with van der Waals surface area (Å²) in [5, 5.41) is 11.5. The van der Waals surface area contributed by atoms with Crippen molar-refractivity contribution >= 4 is 17.9 Å². The van der Waals surface area contributed by atoms with Gasteiger partial charge in [0.1, 0.15) is 23.4 Å². The van der Waals surface area contributed by atoms with Gasteiger partial charge in [-0.15, -0.1) is 0 Å². The van der Waals surface area contributed by atoms with Crippen molar-refractivity contribution in [2.24, 2.45) is 5.92 Å². The van der Waals surface area contributed by atoms with E-state index in [-0.39, 0.29) is 44.1 Å². The van der Waals surface area contributed by atoms with Crippen molar-refractivity contribution in [1.29, 1.82) is 0 Å². The van der Waals surface area contributed by atoms with Crippen molar-refractivity contribution < 1.29 is 56.3 Å². The molecule has 12 heteroatoms. The van der Waals surface area contributed by atoms with Crippen molar-refractivity contribution in [3.8, 4) is 0 Å². The molecular formula is C32H41F3O9. The van der Waals surface area contributed by atoms with Gasteiger partial charge in [0.2, 0.25) is 0 Å². The molecule has 44 heavy (non-hydrogen) atoms. The fourth-order valence-electron chi connectivity index (χ4n) is 6.71. The van der Waals surface area contributed by atoms with E-state index in [2.05, 4.69) is 6.58 Å². The van der Waals surface area contributed by atoms with Crippen LogP contribution in [0.1, 0.15) is 78.2 Å². The van der Waals surface area contributed by atoms with E-state index in [1.165, 1.54) is 25.1 Å². The minimum Gasteiger partial charge on any atom is -0.458 e. The van der Waals surface area contributed by atoms with Crippen LogP contribution in [0.4, 0.5) is 13.2 Å². The first-order valence-electron chi connectivity index (χ1n) is 14.8. The predicted octanol–water partition coefficient (Wildman–Crippen LogP) is 5.07. The lowest BCUT2D eigenvalue weighted by Gasteiger charge is -2.40. The van der Waals surface area contributed by atoms with E-state index in [1.807, 2.05) is 0 Å². The number of methoxy groups -OCH3 is 1. The minimum atomic E-state index is -5.20. The van der Waals surface area contributed by atoms with E-state index in [9.17, 15) is 32.7 Å². The van der Waals surface area contributed by atoms with Gasteiger partial charge in [0.25, 0.3) is 5.60 Å². The fourth-order valence-corrected chi connectivity index (χ4v) is 6.71. The molecule has 3 fully saturated rings. The molecule has 0 aromatic heterocycles. The van der Waals surface area contributed by atoms with Crippen LogP contribution in [0.3, 0.4) is 0 Å². The smallest absolute Gasteiger partial charge is 0.432 e. The third-order valence-corrected chi connectivity index (χ3v) is 9.58. The quantitative estimate of drug-likeness (QED) is 0.271. The highest BCUT2D eigenvalue weighted by molar-refractivity contribution is 5.89. The largest absolute Gasteiger partial charge is 0.458 e. The van der Waals surface area contributed by atoms with Crippen molar-refractivity contribution in [1.82, 2.24) is 0 Å². The number of aliphatic hydroxyl groups is 1. The number of carbonyl (C=O) groups excluding carboxylic acids is 3. The first-order valence-corrected chi connectivity index (χ1v) is 14.8. The van der Waals surface area contributed by atoms with Gasteiger partial charge < -0.3 is 28.8 Å². The van der Waals surface area contributed by atoms with Crippen LogP contribution < -0.4 is 0 Å². The van der Waals surface area contributed by atoms with Gasteiger partial charge in [-0.2, -0.15) is 13.2 Å². The standard InChI is InChI=1S/C32H41F3O9/c1-19-21-12-16-29(4,44-26(19)37)24(41-20(2)36)13-15-28(3,39)23-14-17-30(5,43-23)25(18-21)42-27(38)31(40-6,32(33,34)35)22-10-8-7-9-11-22/h7-11,21,23-25,39H,1,12-18H2,2-6H3/t21-,23+,24-,25+,28-,29-,30-,31-/m1/s1. The SMILES string of the molecule is C=C1C(=O)O[C@]2(C)CC[C@@H]1C[C@H](OC(=O)[C@](OC)(c1ccccc1)C(F)(F)F)[C@@]1(C)CC[C@H](O1)[C@](C)(O)CC[C@H]2OC(C)=O. The summed E-state index contributed by atoms with van der Waals surface area (Å²) in [4.78, 5) is 39.1. The molecule has 0 radical (unpaired) electrons. The molecule has 3 saturated heterocycles. The van der Waals surface area contributed by atoms with Crippen molar-refractivity contribution in [2.45, 2.75) is 120 Å². The number of esters is 3. The Bertz CT molecular complexity index is 1270. The summed E-state index contributed by atoms with van der Waals surface area (Å²) in [6.07, 6.45) is -7.07. The second kappa shape index (κ2) is 12.1. The van der Waals surface area contributed by atoms with Gasteiger partial charge in [0, 0.05) is 25.2 Å². The predicted molar refractivity (Wildman–Crippen MR) is 150 cm³/mol. The molecule has 3 aliphatic heterocycles. The molecule has 0 saturated carbocycles. The van der Waals surface area contributed by atoms with Crippen LogP contribution in [0.25, 0.3) is 0 Å². The van der Waals surface area contributed by atoms with E-state index < -0.39 is 76.3 Å². The summed E-state index contributed by atoms with van der Waals surface area (Å²) >= 11 is 0. The highest BCUT2D eigenvalue weighted by Gasteiger charge is 2.65. The second-order valence-electron chi connectivity index (χ2n) is 12.8. The van der Waals surface area contributed by atoms with E-state index in [1.54, 1.807) is 20.8 Å². The van der Waals surface area contributed by atoms with Crippen LogP contribution in [0, 0.1) is 5.92 Å². The Morgan fingerprint density at radius 3 is 2.20 bits per heavy atom. The average molecular weight is 627 g/mol. The maximum absolute atomic E-state index is 14.7. The molecule has 0 aliphatic carbocycles. The van der Waals surface area contributed by atoms with E-state index >= 15 is 0 Å². The van der Waals surface area contributed by atoms with Crippen molar-refractivity contribution in [3.05, 3.63) is 48.0 Å². The van der Waals surface area contributed by atoms with Crippen LogP contribution in [0.5, 0.6) is 0 Å². The molecule has 0 spiro atoms. The number of halogens is 3. The Kier molecular flexibility index (Phi) is 9.32. The molecule has 4 rings (SSSR count). The summed E-state index contributed by atoms with van der Waals surface area (Å²) in [6, 6.07) is 6.49. The van der Waals surface area contributed by atoms with Crippen LogP contribution in [-0.4, -0.2) is 71.4 Å². The zero-order valence-corrected chi connectivity index (χ0v) is 25.7. The molecule has 9 nitrogen and oxygen atoms in total. The van der Waals surface area contributed by atoms with Gasteiger partial charge in [0.15, 0.2) is 0 Å². The molecule has 1 aromatic rings. The monoisotopic (exact) mass is 626 g/mol. The van der Waals surface area contributed by atoms with Crippen molar-refractivity contribution in [3.63, 3.8) is 0 Å². The molecule has 0 unspecified atom stereocenters. The Morgan fingerprint density at radius 2 is 1.61 bits per heavy atom. The maximum Gasteiger partial charge on any atom is 0.432 e. The zero-order chi connectivity index (χ0) is 32.7. The number of ether oxygens (including phenoxy) is 5. The molecule has 244 valence electrons. The first kappa shape index (κ1) is 33.9. The van der Waals surface area contributed by atoms with Crippen LogP contribution in [0.15, 0.2) is 42.5 Å². The third-order valence-electron chi connectivity index (χ3n) is 9.58. The summed E-state index contributed by atoms with van der Waals surface area (Å²) in [5.41, 5.74) is -7.94. The molecule has 8 atom stereocenters. The number of fused-ring (bicyclic) bond motifs is 5. The zero-order valence-electron chi connectivity index (χ0n) is 25.7. The van der Waals surface area contributed by atoms with Crippen molar-refractivity contribution in [2.75, 3.05) is 7.11 Å². The lowest BCUT2D eigenvalue weighted by atomic mass is 9.79. The fraction of sp³-hybridized carbons (Fsp3) is 0.656. The first-order chi connectivity index (χ1) is 20.4. The van der Waals surface area contributed by atoms with Crippen LogP contribution in [-0.2, 0) is 43.7 Å². The molecule has 4 bridgehead atoms. The number of hydrogen-bond donors (Lipinski definition) is 1. The summed E-state index contributed by atoms with van der Waals surface area (Å²) in [6.45, 7) is 9.98. The van der Waals surface area contributed by atoms with E-state index in [0.29, 0.717) is 6.42 Å². The Balaban J connectivity index is 1.79. The van der Waals surface area contributed by atoms with Gasteiger partial charge in [-0.25, -0.2) is 9.59 Å². The Morgan fingerprint density at radius 1 is 0.977 bits per heavy atom. The lowest BCUT2D eigenvalue weighted by Crippen LogP contribution is -2.55. The number of benzene rings is 1. The Hall–Kier alpha value is -2.96. The molecular weight excluding hydrogens is 585 g/mol. The number of rotatable bonds is 5. The van der Waals surface area contributed by atoms with Gasteiger partial charge >= 0.3 is 24.1 Å². The molecule has 3 aliphatic rings. The highest BCUT2D eigenvalue weighted by atomic mass is 19.4. The molecule has 1 aromatic carbocycles. The molecule has 0 amide bonds. The molecule has 1 N–H and O–H groups in total. The topological polar surface area (TPSA) is 118 Å². The summed E-state index contributed by atoms with van der Waals surface area (Å²) in [7, 11) is 0.788. The minimum absolute atomic E-state index is 0.0513. The third kappa shape index (κ3) is 6.25. The summed E-state index contributed by atoms with van der Waals surface area (Å²) < 4.78 is 72.8. The van der Waals surface area contributed by atoms with Gasteiger partial charge in [0.05, 0.1) is 11.7 Å². The average Bonchev–Trinajstić information content (AvgIpc) is 3.31. The van der Waals surface area contributed by atoms with Gasteiger partial charge in [-0.05, 0) is 71.6 Å².